The smallest absolute Gasteiger partial charge is 0.0243 e. The summed E-state index contributed by atoms with van der Waals surface area (Å²) in [4.78, 5) is 2.41. The van der Waals surface area contributed by atoms with Crippen molar-refractivity contribution in [2.75, 3.05) is 14.1 Å². The summed E-state index contributed by atoms with van der Waals surface area (Å²) in [5.41, 5.74) is 0. The van der Waals surface area contributed by atoms with Gasteiger partial charge in [0.25, 0.3) is 0 Å². The Balaban J connectivity index is 1.85. The van der Waals surface area contributed by atoms with E-state index in [1.165, 1.54) is 44.9 Å². The van der Waals surface area contributed by atoms with Crippen molar-refractivity contribution in [3.05, 3.63) is 0 Å². The molecule has 2 heteroatoms. The maximum absolute atomic E-state index is 3.85. The van der Waals surface area contributed by atoms with Crippen LogP contribution in [0.1, 0.15) is 44.9 Å². The predicted molar refractivity (Wildman–Crippen MR) is 60.5 cm³/mol. The van der Waals surface area contributed by atoms with Crippen molar-refractivity contribution in [1.29, 1.82) is 0 Å². The maximum atomic E-state index is 3.85. The summed E-state index contributed by atoms with van der Waals surface area (Å²) in [6, 6.07) is 2.40. The average molecular weight is 196 g/mol. The number of likely N-dealkylation sites (N-methyl/N-ethyl adjacent to an activating group) is 1. The molecule has 14 heavy (non-hydrogen) atoms. The van der Waals surface area contributed by atoms with Crippen molar-refractivity contribution in [1.82, 2.24) is 10.2 Å². The molecule has 0 saturated heterocycles. The number of nitrogens with one attached hydrogen (secondary N) is 1. The van der Waals surface area contributed by atoms with Crippen molar-refractivity contribution >= 4 is 0 Å². The molecule has 2 nitrogen and oxygen atoms in total. The molecule has 0 aromatic rings. The zero-order valence-corrected chi connectivity index (χ0v) is 9.63. The van der Waals surface area contributed by atoms with Crippen LogP contribution in [0.2, 0.25) is 0 Å². The third-order valence-electron chi connectivity index (χ3n) is 3.95. The minimum atomic E-state index is 0.768. The molecule has 0 aromatic carbocycles. The van der Waals surface area contributed by atoms with E-state index in [1.54, 1.807) is 0 Å². The molecule has 0 amide bonds. The van der Waals surface area contributed by atoms with E-state index in [4.69, 9.17) is 0 Å². The fourth-order valence-corrected chi connectivity index (χ4v) is 2.80. The van der Waals surface area contributed by atoms with Gasteiger partial charge in [0.2, 0.25) is 0 Å². The van der Waals surface area contributed by atoms with E-state index < -0.39 is 0 Å². The van der Waals surface area contributed by atoms with E-state index in [0.717, 1.165) is 18.1 Å². The van der Waals surface area contributed by atoms with Crippen molar-refractivity contribution in [2.45, 2.75) is 63.1 Å². The highest BCUT2D eigenvalue weighted by atomic mass is 15.1. The molecule has 1 N–H and O–H groups in total. The first-order valence-electron chi connectivity index (χ1n) is 6.20. The van der Waals surface area contributed by atoms with Gasteiger partial charge in [-0.3, -0.25) is 0 Å². The number of nitrogens with zero attached hydrogens (tertiary/aromatic N) is 1. The lowest BCUT2D eigenvalue weighted by atomic mass is 9.86. The molecule has 2 aliphatic carbocycles. The predicted octanol–water partition coefficient (Wildman–Crippen LogP) is 2.00. The Hall–Kier alpha value is -0.0800. The average Bonchev–Trinajstić information content (AvgIpc) is 2.12. The van der Waals surface area contributed by atoms with Gasteiger partial charge in [0.1, 0.15) is 0 Å². The minimum absolute atomic E-state index is 0.768. The van der Waals surface area contributed by atoms with Crippen molar-refractivity contribution < 1.29 is 0 Å². The summed E-state index contributed by atoms with van der Waals surface area (Å²) in [5, 5.41) is 3.85. The molecule has 2 fully saturated rings. The summed E-state index contributed by atoms with van der Waals surface area (Å²) in [5.74, 6) is 0. The number of rotatable bonds is 3. The molecule has 2 atom stereocenters. The van der Waals surface area contributed by atoms with E-state index in [-0.39, 0.29) is 0 Å². The first-order chi connectivity index (χ1) is 6.77. The molecular weight excluding hydrogens is 172 g/mol. The van der Waals surface area contributed by atoms with E-state index in [2.05, 4.69) is 24.3 Å². The van der Waals surface area contributed by atoms with Crippen LogP contribution in [0.5, 0.6) is 0 Å². The quantitative estimate of drug-likeness (QED) is 0.743. The van der Waals surface area contributed by atoms with E-state index >= 15 is 0 Å². The van der Waals surface area contributed by atoms with Crippen molar-refractivity contribution in [2.24, 2.45) is 0 Å². The third kappa shape index (κ3) is 2.29. The highest BCUT2D eigenvalue weighted by Gasteiger charge is 2.29. The first kappa shape index (κ1) is 10.4. The molecule has 0 heterocycles. The van der Waals surface area contributed by atoms with Crippen LogP contribution < -0.4 is 5.32 Å². The van der Waals surface area contributed by atoms with Crippen LogP contribution >= 0.6 is 0 Å². The van der Waals surface area contributed by atoms with Crippen LogP contribution in [0.3, 0.4) is 0 Å². The minimum Gasteiger partial charge on any atom is -0.310 e. The fourth-order valence-electron chi connectivity index (χ4n) is 2.80. The van der Waals surface area contributed by atoms with Gasteiger partial charge in [-0.15, -0.1) is 0 Å². The SMILES string of the molecule is CN(C)C1CCCCC1NC1CCC1. The second kappa shape index (κ2) is 4.63. The van der Waals surface area contributed by atoms with Crippen LogP contribution in [0.4, 0.5) is 0 Å². The molecule has 82 valence electrons. The second-order valence-corrected chi connectivity index (χ2v) is 5.22. The lowest BCUT2D eigenvalue weighted by Gasteiger charge is -2.41. The third-order valence-corrected chi connectivity index (χ3v) is 3.95. The topological polar surface area (TPSA) is 15.3 Å². The lowest BCUT2D eigenvalue weighted by Crippen LogP contribution is -2.53. The summed E-state index contributed by atoms with van der Waals surface area (Å²) < 4.78 is 0. The Morgan fingerprint density at radius 3 is 2.21 bits per heavy atom. The van der Waals surface area contributed by atoms with Crippen LogP contribution in [-0.2, 0) is 0 Å². The van der Waals surface area contributed by atoms with Gasteiger partial charge in [-0.25, -0.2) is 0 Å². The summed E-state index contributed by atoms with van der Waals surface area (Å²) in [7, 11) is 4.46. The second-order valence-electron chi connectivity index (χ2n) is 5.22. The molecule has 2 unspecified atom stereocenters. The number of hydrogen-bond acceptors (Lipinski definition) is 2. The maximum Gasteiger partial charge on any atom is 0.0243 e. The van der Waals surface area contributed by atoms with E-state index in [1.807, 2.05) is 0 Å². The van der Waals surface area contributed by atoms with Gasteiger partial charge in [-0.2, -0.15) is 0 Å². The molecular formula is C12H24N2. The van der Waals surface area contributed by atoms with Gasteiger partial charge < -0.3 is 10.2 Å². The summed E-state index contributed by atoms with van der Waals surface area (Å²) in [6.07, 6.45) is 9.89. The van der Waals surface area contributed by atoms with Crippen molar-refractivity contribution in [3.63, 3.8) is 0 Å². The molecule has 0 bridgehead atoms. The standard InChI is InChI=1S/C12H24N2/c1-14(2)12-9-4-3-8-11(12)13-10-6-5-7-10/h10-13H,3-9H2,1-2H3. The molecule has 0 aliphatic heterocycles. The largest absolute Gasteiger partial charge is 0.310 e. The van der Waals surface area contributed by atoms with Gasteiger partial charge in [-0.05, 0) is 39.8 Å². The van der Waals surface area contributed by atoms with Gasteiger partial charge >= 0.3 is 0 Å². The van der Waals surface area contributed by atoms with Crippen LogP contribution in [0.15, 0.2) is 0 Å². The van der Waals surface area contributed by atoms with Crippen LogP contribution in [-0.4, -0.2) is 37.1 Å². The molecule has 0 radical (unpaired) electrons. The lowest BCUT2D eigenvalue weighted by molar-refractivity contribution is 0.152. The van der Waals surface area contributed by atoms with E-state index in [9.17, 15) is 0 Å². The Bertz CT molecular complexity index is 175. The fraction of sp³-hybridized carbons (Fsp3) is 1.00. The van der Waals surface area contributed by atoms with Gasteiger partial charge in [-0.1, -0.05) is 19.3 Å². The first-order valence-corrected chi connectivity index (χ1v) is 6.20. The zero-order chi connectivity index (χ0) is 9.97. The highest BCUT2D eigenvalue weighted by Crippen LogP contribution is 2.25. The van der Waals surface area contributed by atoms with Gasteiger partial charge in [0.15, 0.2) is 0 Å². The summed E-state index contributed by atoms with van der Waals surface area (Å²) >= 11 is 0. The molecule has 2 rings (SSSR count). The Morgan fingerprint density at radius 1 is 0.929 bits per heavy atom. The molecule has 2 saturated carbocycles. The zero-order valence-electron chi connectivity index (χ0n) is 9.63. The highest BCUT2D eigenvalue weighted by molar-refractivity contribution is 4.90. The molecule has 0 spiro atoms. The molecule has 2 aliphatic rings. The Morgan fingerprint density at radius 2 is 1.64 bits per heavy atom. The molecule has 0 aromatic heterocycles. The number of hydrogen-bond donors (Lipinski definition) is 1. The van der Waals surface area contributed by atoms with Crippen LogP contribution in [0.25, 0.3) is 0 Å². The normalized spacial score (nSPS) is 34.5. The van der Waals surface area contributed by atoms with Crippen molar-refractivity contribution in [3.8, 4) is 0 Å². The van der Waals surface area contributed by atoms with Crippen LogP contribution in [0, 0.1) is 0 Å². The van der Waals surface area contributed by atoms with E-state index in [0.29, 0.717) is 0 Å². The van der Waals surface area contributed by atoms with Gasteiger partial charge in [0, 0.05) is 18.1 Å². The Kier molecular flexibility index (Phi) is 3.45. The Labute approximate surface area is 88.1 Å². The monoisotopic (exact) mass is 196 g/mol. The summed E-state index contributed by atoms with van der Waals surface area (Å²) in [6.45, 7) is 0. The van der Waals surface area contributed by atoms with Gasteiger partial charge in [0.05, 0.1) is 0 Å².